The first kappa shape index (κ1) is 37.3. The summed E-state index contributed by atoms with van der Waals surface area (Å²) < 4.78 is 10.7. The van der Waals surface area contributed by atoms with Crippen LogP contribution in [0.5, 0.6) is 5.75 Å². The van der Waals surface area contributed by atoms with Crippen LogP contribution in [-0.2, 0) is 37.7 Å². The normalized spacial score (nSPS) is 13.4. The fourth-order valence-corrected chi connectivity index (χ4v) is 6.18. The van der Waals surface area contributed by atoms with Gasteiger partial charge in [0.15, 0.2) is 0 Å². The Hall–Kier alpha value is -5.50. The van der Waals surface area contributed by atoms with Gasteiger partial charge in [-0.25, -0.2) is 4.79 Å². The molecule has 0 aliphatic heterocycles. The Bertz CT molecular complexity index is 1860. The second-order valence-corrected chi connectivity index (χ2v) is 13.6. The highest BCUT2D eigenvalue weighted by Crippen LogP contribution is 2.33. The summed E-state index contributed by atoms with van der Waals surface area (Å²) in [7, 11) is 1.62. The van der Waals surface area contributed by atoms with Gasteiger partial charge in [0.2, 0.25) is 5.91 Å². The molecule has 0 radical (unpaired) electrons. The number of nitrogens with one attached hydrogen (secondary N) is 1. The monoisotopic (exact) mass is 703 g/mol. The molecule has 0 spiro atoms. The van der Waals surface area contributed by atoms with Crippen molar-refractivity contribution in [3.05, 3.63) is 120 Å². The number of carboxylic acids is 1. The van der Waals surface area contributed by atoms with E-state index in [-0.39, 0.29) is 48.3 Å². The molecule has 0 heterocycles. The number of ether oxygens (including phenoxy) is 2. The average Bonchev–Trinajstić information content (AvgIpc) is 3.72. The Morgan fingerprint density at radius 1 is 0.880 bits per heavy atom. The number of esters is 1. The zero-order chi connectivity index (χ0) is 36.6. The van der Waals surface area contributed by atoms with Gasteiger partial charge in [0.25, 0.3) is 11.4 Å². The van der Waals surface area contributed by atoms with Crippen LogP contribution in [-0.4, -0.2) is 58.3 Å². The van der Waals surface area contributed by atoms with Gasteiger partial charge in [0, 0.05) is 58.8 Å². The van der Waals surface area contributed by atoms with Crippen LogP contribution in [0.25, 0.3) is 12.2 Å². The van der Waals surface area contributed by atoms with Gasteiger partial charge in [-0.3, -0.25) is 29.8 Å². The number of hydrogen-bond donors (Lipinski definition) is 2. The number of amides is 1. The second kappa shape index (κ2) is 16.3. The first-order valence-corrected chi connectivity index (χ1v) is 16.7. The third kappa shape index (κ3) is 9.56. The molecule has 50 heavy (non-hydrogen) atoms. The molecule has 0 unspecified atom stereocenters. The molecular formula is C36H37N3O10S. The topological polar surface area (TPSA) is 188 Å². The number of carbonyl (C=O) groups excluding carboxylic acids is 2. The summed E-state index contributed by atoms with van der Waals surface area (Å²) in [6.07, 6.45) is 3.47. The number of carboxylic acid groups (broad SMARTS) is 1. The van der Waals surface area contributed by atoms with Crippen molar-refractivity contribution in [1.82, 2.24) is 5.32 Å². The SMILES string of the molecule is COc1ccc(CSC[C@@H](COC(=O)C(C)(C)C)NC(=O)C2=Cc3cccc([N+](=O)[O-])c3C2)cc1.O=C(O)C1=Cc2cccc([N+](=O)[O-])c2C1. The summed E-state index contributed by atoms with van der Waals surface area (Å²) in [5.41, 5.74) is 3.41. The van der Waals surface area contributed by atoms with Gasteiger partial charge in [-0.05, 0) is 61.7 Å². The molecule has 0 saturated carbocycles. The molecule has 3 aromatic carbocycles. The molecule has 2 aliphatic carbocycles. The van der Waals surface area contributed by atoms with Gasteiger partial charge in [-0.15, -0.1) is 0 Å². The van der Waals surface area contributed by atoms with Crippen molar-refractivity contribution in [3.8, 4) is 5.75 Å². The van der Waals surface area contributed by atoms with Crippen molar-refractivity contribution >= 4 is 53.1 Å². The highest BCUT2D eigenvalue weighted by Gasteiger charge is 2.29. The van der Waals surface area contributed by atoms with Crippen molar-refractivity contribution < 1.29 is 38.8 Å². The van der Waals surface area contributed by atoms with Crippen molar-refractivity contribution in [2.24, 2.45) is 5.41 Å². The van der Waals surface area contributed by atoms with E-state index < -0.39 is 27.3 Å². The lowest BCUT2D eigenvalue weighted by Gasteiger charge is -2.22. The summed E-state index contributed by atoms with van der Waals surface area (Å²) in [5.74, 6) is 0.321. The van der Waals surface area contributed by atoms with E-state index in [4.69, 9.17) is 14.6 Å². The summed E-state index contributed by atoms with van der Waals surface area (Å²) in [4.78, 5) is 57.1. The number of carbonyl (C=O) groups is 3. The summed E-state index contributed by atoms with van der Waals surface area (Å²) in [6.45, 7) is 5.36. The molecule has 13 nitrogen and oxygen atoms in total. The number of methoxy groups -OCH3 is 1. The standard InChI is InChI=1S/C26H30N2O6S.C10H7NO4/c1-26(2,3)25(30)34-14-20(16-35-15-17-8-10-21(33-4)11-9-17)27-24(29)19-12-18-6-5-7-23(28(31)32)22(18)13-19;12-10(13)7-4-6-2-1-3-9(11(14)15)8(6)5-7/h5-12,20H,13-16H2,1-4H3,(H,27,29);1-4H,5H2,(H,12,13)/t20-;/m1./s1. The molecule has 0 aromatic heterocycles. The lowest BCUT2D eigenvalue weighted by Crippen LogP contribution is -2.42. The molecule has 3 aromatic rings. The van der Waals surface area contributed by atoms with Crippen molar-refractivity contribution in [3.63, 3.8) is 0 Å². The molecule has 0 fully saturated rings. The highest BCUT2D eigenvalue weighted by molar-refractivity contribution is 7.98. The van der Waals surface area contributed by atoms with Crippen LogP contribution in [0.15, 0.2) is 71.8 Å². The van der Waals surface area contributed by atoms with Crippen LogP contribution in [0.3, 0.4) is 0 Å². The Morgan fingerprint density at radius 2 is 1.42 bits per heavy atom. The predicted octanol–water partition coefficient (Wildman–Crippen LogP) is 6.17. The van der Waals surface area contributed by atoms with E-state index >= 15 is 0 Å². The zero-order valence-electron chi connectivity index (χ0n) is 28.0. The van der Waals surface area contributed by atoms with Crippen molar-refractivity contribution in [2.75, 3.05) is 19.5 Å². The molecular weight excluding hydrogens is 666 g/mol. The zero-order valence-corrected chi connectivity index (χ0v) is 28.8. The molecule has 2 aliphatic rings. The molecule has 0 bridgehead atoms. The van der Waals surface area contributed by atoms with E-state index in [9.17, 15) is 34.6 Å². The van der Waals surface area contributed by atoms with Gasteiger partial charge >= 0.3 is 11.9 Å². The molecule has 0 saturated heterocycles. The van der Waals surface area contributed by atoms with E-state index in [0.29, 0.717) is 39.3 Å². The second-order valence-electron chi connectivity index (χ2n) is 12.6. The minimum absolute atomic E-state index is 0.00672. The van der Waals surface area contributed by atoms with Crippen LogP contribution in [0.2, 0.25) is 0 Å². The number of aliphatic carboxylic acids is 1. The number of benzene rings is 3. The highest BCUT2D eigenvalue weighted by atomic mass is 32.2. The van der Waals surface area contributed by atoms with E-state index in [1.54, 1.807) is 70.0 Å². The Morgan fingerprint density at radius 3 is 1.92 bits per heavy atom. The summed E-state index contributed by atoms with van der Waals surface area (Å²) in [5, 5.41) is 33.7. The van der Waals surface area contributed by atoms with E-state index in [1.807, 2.05) is 24.3 Å². The number of thioether (sulfide) groups is 1. The molecule has 14 heteroatoms. The maximum atomic E-state index is 13.0. The summed E-state index contributed by atoms with van der Waals surface area (Å²) in [6, 6.07) is 16.8. The number of nitrogens with zero attached hydrogens (tertiary/aromatic N) is 2. The van der Waals surface area contributed by atoms with Gasteiger partial charge in [0.05, 0.1) is 28.4 Å². The number of hydrogen-bond acceptors (Lipinski definition) is 10. The minimum Gasteiger partial charge on any atom is -0.497 e. The lowest BCUT2D eigenvalue weighted by atomic mass is 9.97. The van der Waals surface area contributed by atoms with Crippen LogP contribution < -0.4 is 10.1 Å². The Labute approximate surface area is 292 Å². The van der Waals surface area contributed by atoms with Gasteiger partial charge in [0.1, 0.15) is 12.4 Å². The third-order valence-electron chi connectivity index (χ3n) is 7.84. The molecule has 1 atom stereocenters. The van der Waals surface area contributed by atoms with Gasteiger partial charge in [-0.2, -0.15) is 11.8 Å². The molecule has 1 amide bonds. The maximum Gasteiger partial charge on any atom is 0.331 e. The van der Waals surface area contributed by atoms with Crippen LogP contribution in [0, 0.1) is 25.6 Å². The Kier molecular flexibility index (Phi) is 12.1. The van der Waals surface area contributed by atoms with E-state index in [0.717, 1.165) is 11.3 Å². The quantitative estimate of drug-likeness (QED) is 0.125. The number of rotatable bonds is 12. The molecule has 5 rings (SSSR count). The fourth-order valence-electron chi connectivity index (χ4n) is 5.17. The largest absolute Gasteiger partial charge is 0.497 e. The van der Waals surface area contributed by atoms with E-state index in [1.165, 1.54) is 18.2 Å². The molecule has 262 valence electrons. The molecule has 2 N–H and O–H groups in total. The predicted molar refractivity (Wildman–Crippen MR) is 189 cm³/mol. The Balaban J connectivity index is 0.000000310. The minimum atomic E-state index is -1.03. The first-order chi connectivity index (χ1) is 23.7. The number of fused-ring (bicyclic) bond motifs is 2. The number of nitro benzene ring substituents is 2. The maximum absolute atomic E-state index is 13.0. The smallest absolute Gasteiger partial charge is 0.331 e. The summed E-state index contributed by atoms with van der Waals surface area (Å²) >= 11 is 1.61. The number of nitro groups is 2. The van der Waals surface area contributed by atoms with Gasteiger partial charge < -0.3 is 19.9 Å². The third-order valence-corrected chi connectivity index (χ3v) is 9.01. The first-order valence-electron chi connectivity index (χ1n) is 15.5. The lowest BCUT2D eigenvalue weighted by molar-refractivity contribution is -0.385. The van der Waals surface area contributed by atoms with Gasteiger partial charge in [-0.1, -0.05) is 36.4 Å². The van der Waals surface area contributed by atoms with Crippen LogP contribution in [0.1, 0.15) is 48.6 Å². The fraction of sp³-hybridized carbons (Fsp3) is 0.306. The van der Waals surface area contributed by atoms with Crippen LogP contribution >= 0.6 is 11.8 Å². The van der Waals surface area contributed by atoms with Crippen LogP contribution in [0.4, 0.5) is 11.4 Å². The van der Waals surface area contributed by atoms with Crippen molar-refractivity contribution in [1.29, 1.82) is 0 Å². The van der Waals surface area contributed by atoms with E-state index in [2.05, 4.69) is 5.32 Å². The average molecular weight is 704 g/mol. The van der Waals surface area contributed by atoms with Crippen molar-refractivity contribution in [2.45, 2.75) is 45.4 Å².